The van der Waals surface area contributed by atoms with Crippen LogP contribution in [0.25, 0.3) is 16.6 Å². The largest absolute Gasteiger partial charge is 0.501 e. The third-order valence-electron chi connectivity index (χ3n) is 6.17. The highest BCUT2D eigenvalue weighted by molar-refractivity contribution is 6.42. The van der Waals surface area contributed by atoms with Gasteiger partial charge in [0.25, 0.3) is 0 Å². The molecule has 0 radical (unpaired) electrons. The van der Waals surface area contributed by atoms with Gasteiger partial charge in [-0.05, 0) is 36.2 Å². The summed E-state index contributed by atoms with van der Waals surface area (Å²) < 4.78 is 8.43. The highest BCUT2D eigenvalue weighted by atomic mass is 35.5. The monoisotopic (exact) mass is 500 g/mol. The molecule has 4 aromatic rings. The highest BCUT2D eigenvalue weighted by Gasteiger charge is 2.25. The summed E-state index contributed by atoms with van der Waals surface area (Å²) in [7, 11) is 1.73. The average Bonchev–Trinajstić information content (AvgIpc) is 3.14. The minimum atomic E-state index is -0.686. The highest BCUT2D eigenvalue weighted by Crippen LogP contribution is 2.32. The summed E-state index contributed by atoms with van der Waals surface area (Å²) in [5.41, 5.74) is 1.92. The Hall–Kier alpha value is -3.07. The molecule has 1 N–H and O–H groups in total. The number of hydrogen-bond acceptors (Lipinski definition) is 6. The maximum absolute atomic E-state index is 13.1. The van der Waals surface area contributed by atoms with Crippen molar-refractivity contribution in [2.24, 2.45) is 7.05 Å². The number of aromatic nitrogens is 3. The summed E-state index contributed by atoms with van der Waals surface area (Å²) in [5.74, 6) is -1.08. The van der Waals surface area contributed by atoms with E-state index >= 15 is 0 Å². The lowest BCUT2D eigenvalue weighted by Gasteiger charge is -2.29. The predicted octanol–water partition coefficient (Wildman–Crippen LogP) is 3.85. The lowest BCUT2D eigenvalue weighted by atomic mass is 10.1. The van der Waals surface area contributed by atoms with E-state index < -0.39 is 17.1 Å². The first-order chi connectivity index (χ1) is 16.4. The maximum Gasteiger partial charge on any atom is 0.315 e. The van der Waals surface area contributed by atoms with Crippen molar-refractivity contribution >= 4 is 51.2 Å². The number of Topliss-reactive ketones (excluding diaryl/α,β-unsaturated/α-hetero) is 1. The fraction of sp³-hybridized carbons (Fsp3) is 0.292. The van der Waals surface area contributed by atoms with Gasteiger partial charge < -0.3 is 14.7 Å². The van der Waals surface area contributed by atoms with Crippen LogP contribution in [-0.2, 0) is 18.2 Å². The van der Waals surface area contributed by atoms with Gasteiger partial charge in [-0.2, -0.15) is 4.52 Å². The minimum Gasteiger partial charge on any atom is -0.501 e. The molecular formula is C24H22Cl2N4O4. The summed E-state index contributed by atoms with van der Waals surface area (Å²) in [6.07, 6.45) is 0.417. The van der Waals surface area contributed by atoms with Crippen LogP contribution in [0, 0.1) is 0 Å². The first-order valence-corrected chi connectivity index (χ1v) is 11.7. The van der Waals surface area contributed by atoms with E-state index in [1.54, 1.807) is 29.9 Å². The first-order valence-electron chi connectivity index (χ1n) is 10.9. The Bertz CT molecular complexity index is 1490. The van der Waals surface area contributed by atoms with Gasteiger partial charge >= 0.3 is 5.56 Å². The number of rotatable bonds is 5. The molecule has 1 aliphatic heterocycles. The van der Waals surface area contributed by atoms with E-state index in [4.69, 9.17) is 27.9 Å². The number of carbonyl (C=O) groups is 1. The zero-order valence-electron chi connectivity index (χ0n) is 18.4. The summed E-state index contributed by atoms with van der Waals surface area (Å²) >= 11 is 12.0. The smallest absolute Gasteiger partial charge is 0.315 e. The molecule has 34 heavy (non-hydrogen) atoms. The Kier molecular flexibility index (Phi) is 5.97. The molecule has 0 saturated carbocycles. The minimum absolute atomic E-state index is 0.0508. The van der Waals surface area contributed by atoms with Gasteiger partial charge in [-0.1, -0.05) is 35.3 Å². The van der Waals surface area contributed by atoms with Crippen LogP contribution >= 0.6 is 23.2 Å². The van der Waals surface area contributed by atoms with Crippen molar-refractivity contribution in [1.29, 1.82) is 0 Å². The fourth-order valence-electron chi connectivity index (χ4n) is 4.41. The molecule has 0 atom stereocenters. The van der Waals surface area contributed by atoms with Crippen LogP contribution < -0.4 is 10.5 Å². The number of hydrogen-bond donors (Lipinski definition) is 1. The molecular weight excluding hydrogens is 479 g/mol. The van der Waals surface area contributed by atoms with E-state index in [1.807, 2.05) is 18.2 Å². The van der Waals surface area contributed by atoms with Crippen molar-refractivity contribution in [3.8, 4) is 5.75 Å². The lowest BCUT2D eigenvalue weighted by molar-refractivity contribution is 0.0975. The Morgan fingerprint density at radius 2 is 1.91 bits per heavy atom. The molecule has 1 saturated heterocycles. The molecule has 0 spiro atoms. The number of benzene rings is 2. The van der Waals surface area contributed by atoms with Crippen molar-refractivity contribution in [3.63, 3.8) is 0 Å². The van der Waals surface area contributed by atoms with Gasteiger partial charge in [0.1, 0.15) is 0 Å². The van der Waals surface area contributed by atoms with Crippen LogP contribution in [0.2, 0.25) is 10.0 Å². The van der Waals surface area contributed by atoms with E-state index in [0.29, 0.717) is 48.4 Å². The van der Waals surface area contributed by atoms with Gasteiger partial charge in [0, 0.05) is 26.6 Å². The molecule has 0 unspecified atom stereocenters. The number of fused-ring (bicyclic) bond motifs is 3. The average molecular weight is 501 g/mol. The van der Waals surface area contributed by atoms with Gasteiger partial charge in [0.05, 0.1) is 39.8 Å². The van der Waals surface area contributed by atoms with Crippen molar-refractivity contribution in [2.75, 3.05) is 31.2 Å². The quantitative estimate of drug-likeness (QED) is 0.418. The molecule has 176 valence electrons. The number of morpholine rings is 1. The third-order valence-corrected chi connectivity index (χ3v) is 6.91. The number of nitrogens with zero attached hydrogens (tertiary/aromatic N) is 4. The van der Waals surface area contributed by atoms with Gasteiger partial charge in [0.2, 0.25) is 5.75 Å². The van der Waals surface area contributed by atoms with Crippen molar-refractivity contribution in [2.45, 2.75) is 12.8 Å². The van der Waals surface area contributed by atoms with Crippen LogP contribution in [0.4, 0.5) is 5.69 Å². The van der Waals surface area contributed by atoms with Gasteiger partial charge in [-0.3, -0.25) is 14.3 Å². The lowest BCUT2D eigenvalue weighted by Crippen LogP contribution is -2.36. The standard InChI is InChI=1S/C24H22Cl2N4O4/c1-28-17-3-2-4-18(29-9-11-34-12-10-29)20(17)23-27-21(22(32)24(33)30(23)28)19(31)8-6-14-5-7-15(25)16(26)13-14/h2-5,7,13,32H,6,8-12H2,1H3. The Labute approximate surface area is 204 Å². The Balaban J connectivity index is 1.59. The van der Waals surface area contributed by atoms with Crippen LogP contribution in [-0.4, -0.2) is 51.4 Å². The second-order valence-corrected chi connectivity index (χ2v) is 9.03. The number of aryl methyl sites for hydroxylation is 2. The van der Waals surface area contributed by atoms with Crippen LogP contribution in [0.15, 0.2) is 41.2 Å². The Morgan fingerprint density at radius 3 is 2.65 bits per heavy atom. The number of carbonyl (C=O) groups excluding carboxylic acids is 1. The van der Waals surface area contributed by atoms with E-state index in [-0.39, 0.29) is 12.1 Å². The third kappa shape index (κ3) is 3.81. The molecule has 5 rings (SSSR count). The molecule has 8 nitrogen and oxygen atoms in total. The van der Waals surface area contributed by atoms with Crippen molar-refractivity contribution < 1.29 is 14.6 Å². The van der Waals surface area contributed by atoms with Crippen LogP contribution in [0.5, 0.6) is 5.75 Å². The molecule has 2 aromatic carbocycles. The summed E-state index contributed by atoms with van der Waals surface area (Å²) in [6, 6.07) is 10.9. The molecule has 2 aromatic heterocycles. The SMILES string of the molecule is Cn1c2cccc(N3CCOCC3)c2c2nc(C(=O)CCc3ccc(Cl)c(Cl)c3)c(O)c(=O)n21. The topological polar surface area (TPSA) is 89.1 Å². The predicted molar refractivity (Wildman–Crippen MR) is 132 cm³/mol. The maximum atomic E-state index is 13.1. The molecule has 3 heterocycles. The summed E-state index contributed by atoms with van der Waals surface area (Å²) in [6.45, 7) is 2.62. The molecule has 1 fully saturated rings. The number of aromatic hydroxyl groups is 1. The van der Waals surface area contributed by atoms with Gasteiger partial charge in [-0.25, -0.2) is 4.98 Å². The molecule has 0 amide bonds. The van der Waals surface area contributed by atoms with Gasteiger partial charge in [0.15, 0.2) is 17.1 Å². The zero-order valence-corrected chi connectivity index (χ0v) is 19.9. The van der Waals surface area contributed by atoms with E-state index in [1.165, 1.54) is 4.52 Å². The number of halogens is 2. The van der Waals surface area contributed by atoms with Crippen LogP contribution in [0.3, 0.4) is 0 Å². The second-order valence-electron chi connectivity index (χ2n) is 8.22. The Morgan fingerprint density at radius 1 is 1.15 bits per heavy atom. The number of ether oxygens (including phenoxy) is 1. The number of anilines is 1. The summed E-state index contributed by atoms with van der Waals surface area (Å²) in [5, 5.41) is 12.2. The van der Waals surface area contributed by atoms with Gasteiger partial charge in [-0.15, -0.1) is 0 Å². The molecule has 1 aliphatic rings. The van der Waals surface area contributed by atoms with E-state index in [2.05, 4.69) is 9.88 Å². The van der Waals surface area contributed by atoms with E-state index in [0.717, 1.165) is 22.2 Å². The van der Waals surface area contributed by atoms with Crippen molar-refractivity contribution in [1.82, 2.24) is 14.2 Å². The zero-order chi connectivity index (χ0) is 24.0. The molecule has 10 heteroatoms. The second kappa shape index (κ2) is 8.94. The van der Waals surface area contributed by atoms with E-state index in [9.17, 15) is 14.7 Å². The molecule has 0 bridgehead atoms. The number of ketones is 1. The first kappa shape index (κ1) is 22.7. The summed E-state index contributed by atoms with van der Waals surface area (Å²) in [4.78, 5) is 32.9. The van der Waals surface area contributed by atoms with Crippen molar-refractivity contribution in [3.05, 3.63) is 68.1 Å². The van der Waals surface area contributed by atoms with Crippen LogP contribution in [0.1, 0.15) is 22.5 Å². The normalized spacial score (nSPS) is 14.3. The molecule has 0 aliphatic carbocycles. The fourth-order valence-corrected chi connectivity index (χ4v) is 4.73.